The van der Waals surface area contributed by atoms with Crippen molar-refractivity contribution in [2.75, 3.05) is 0 Å². The van der Waals surface area contributed by atoms with Crippen LogP contribution in [0.25, 0.3) is 0 Å². The lowest BCUT2D eigenvalue weighted by molar-refractivity contribution is 0.182. The standard InChI is InChI=1S/C20H23FN4O2/c1-15(2)23-20(26)25(13-18-4-3-11-27-18)14-19-22-9-10-24(19)12-16-5-7-17(21)8-6-16/h3-11,15H,12-14H2,1-2H3,(H,23,26). The minimum atomic E-state index is -0.264. The first-order chi connectivity index (χ1) is 13.0. The highest BCUT2D eigenvalue weighted by Crippen LogP contribution is 2.13. The average Bonchev–Trinajstić information content (AvgIpc) is 3.28. The number of amides is 2. The third kappa shape index (κ3) is 5.20. The Hall–Kier alpha value is -3.09. The van der Waals surface area contributed by atoms with E-state index in [1.807, 2.05) is 30.7 Å². The largest absolute Gasteiger partial charge is 0.467 e. The highest BCUT2D eigenvalue weighted by molar-refractivity contribution is 5.74. The first kappa shape index (κ1) is 18.7. The number of hydrogen-bond donors (Lipinski definition) is 1. The summed E-state index contributed by atoms with van der Waals surface area (Å²) in [6.45, 7) is 5.05. The third-order valence-electron chi connectivity index (χ3n) is 4.03. The van der Waals surface area contributed by atoms with Crippen LogP contribution in [0.3, 0.4) is 0 Å². The van der Waals surface area contributed by atoms with Crippen LogP contribution in [0.1, 0.15) is 31.0 Å². The van der Waals surface area contributed by atoms with Crippen molar-refractivity contribution in [2.45, 2.75) is 39.5 Å². The average molecular weight is 370 g/mol. The van der Waals surface area contributed by atoms with Gasteiger partial charge in [-0.05, 0) is 43.7 Å². The number of aromatic nitrogens is 2. The monoisotopic (exact) mass is 370 g/mol. The molecule has 2 heterocycles. The summed E-state index contributed by atoms with van der Waals surface area (Å²) in [6.07, 6.45) is 5.14. The molecule has 0 radical (unpaired) electrons. The highest BCUT2D eigenvalue weighted by atomic mass is 19.1. The summed E-state index contributed by atoms with van der Waals surface area (Å²) in [5.74, 6) is 1.18. The molecule has 0 saturated carbocycles. The van der Waals surface area contributed by atoms with E-state index in [0.717, 1.165) is 11.4 Å². The first-order valence-electron chi connectivity index (χ1n) is 8.83. The predicted molar refractivity (Wildman–Crippen MR) is 99.4 cm³/mol. The molecule has 1 N–H and O–H groups in total. The Morgan fingerprint density at radius 2 is 2.04 bits per heavy atom. The number of nitrogens with zero attached hydrogens (tertiary/aromatic N) is 3. The van der Waals surface area contributed by atoms with E-state index in [-0.39, 0.29) is 17.9 Å². The zero-order valence-corrected chi connectivity index (χ0v) is 15.4. The van der Waals surface area contributed by atoms with Gasteiger partial charge in [-0.15, -0.1) is 0 Å². The number of carbonyl (C=O) groups is 1. The molecular formula is C20H23FN4O2. The molecule has 0 unspecified atom stereocenters. The summed E-state index contributed by atoms with van der Waals surface area (Å²) >= 11 is 0. The summed E-state index contributed by atoms with van der Waals surface area (Å²) in [5, 5.41) is 2.91. The van der Waals surface area contributed by atoms with Gasteiger partial charge in [-0.3, -0.25) is 0 Å². The third-order valence-corrected chi connectivity index (χ3v) is 4.03. The minimum absolute atomic E-state index is 0.0237. The molecule has 0 aliphatic rings. The molecule has 0 spiro atoms. The highest BCUT2D eigenvalue weighted by Gasteiger charge is 2.19. The fraction of sp³-hybridized carbons (Fsp3) is 0.300. The number of carbonyl (C=O) groups excluding carboxylic acids is 1. The van der Waals surface area contributed by atoms with Crippen LogP contribution in [-0.2, 0) is 19.6 Å². The van der Waals surface area contributed by atoms with Crippen LogP contribution in [0, 0.1) is 5.82 Å². The van der Waals surface area contributed by atoms with Gasteiger partial charge in [-0.25, -0.2) is 14.2 Å². The van der Waals surface area contributed by atoms with Gasteiger partial charge in [0.2, 0.25) is 0 Å². The van der Waals surface area contributed by atoms with Gasteiger partial charge in [0, 0.05) is 25.0 Å². The van der Waals surface area contributed by atoms with Gasteiger partial charge in [0.15, 0.2) is 0 Å². The molecule has 0 bridgehead atoms. The van der Waals surface area contributed by atoms with E-state index in [1.165, 1.54) is 12.1 Å². The van der Waals surface area contributed by atoms with Gasteiger partial charge in [0.05, 0.1) is 19.4 Å². The Kier molecular flexibility index (Phi) is 5.90. The van der Waals surface area contributed by atoms with Gasteiger partial charge < -0.3 is 19.2 Å². The van der Waals surface area contributed by atoms with Crippen molar-refractivity contribution in [3.8, 4) is 0 Å². The molecule has 0 aliphatic heterocycles. The normalized spacial score (nSPS) is 11.0. The van der Waals surface area contributed by atoms with Gasteiger partial charge in [-0.2, -0.15) is 0 Å². The molecule has 142 valence electrons. The van der Waals surface area contributed by atoms with Gasteiger partial charge in [-0.1, -0.05) is 12.1 Å². The minimum Gasteiger partial charge on any atom is -0.467 e. The van der Waals surface area contributed by atoms with Crippen LogP contribution >= 0.6 is 0 Å². The van der Waals surface area contributed by atoms with Crippen LogP contribution in [0.15, 0.2) is 59.5 Å². The zero-order valence-electron chi connectivity index (χ0n) is 15.4. The molecule has 0 saturated heterocycles. The zero-order chi connectivity index (χ0) is 19.2. The quantitative estimate of drug-likeness (QED) is 0.688. The molecule has 0 fully saturated rings. The maximum absolute atomic E-state index is 13.1. The second-order valence-corrected chi connectivity index (χ2v) is 6.64. The number of furan rings is 1. The van der Waals surface area contributed by atoms with E-state index in [1.54, 1.807) is 35.6 Å². The molecule has 3 aromatic rings. The Balaban J connectivity index is 1.76. The first-order valence-corrected chi connectivity index (χ1v) is 8.83. The van der Waals surface area contributed by atoms with Crippen molar-refractivity contribution in [1.82, 2.24) is 19.8 Å². The van der Waals surface area contributed by atoms with Crippen molar-refractivity contribution in [3.05, 3.63) is 78.0 Å². The maximum Gasteiger partial charge on any atom is 0.318 e. The molecule has 27 heavy (non-hydrogen) atoms. The lowest BCUT2D eigenvalue weighted by atomic mass is 10.2. The van der Waals surface area contributed by atoms with Crippen molar-refractivity contribution in [1.29, 1.82) is 0 Å². The summed E-state index contributed by atoms with van der Waals surface area (Å²) < 4.78 is 20.5. The molecule has 3 rings (SSSR count). The number of halogens is 1. The van der Waals surface area contributed by atoms with Crippen LogP contribution in [0.5, 0.6) is 0 Å². The van der Waals surface area contributed by atoms with E-state index < -0.39 is 0 Å². The lowest BCUT2D eigenvalue weighted by Crippen LogP contribution is -2.42. The molecule has 2 aromatic heterocycles. The van der Waals surface area contributed by atoms with E-state index in [2.05, 4.69) is 10.3 Å². The van der Waals surface area contributed by atoms with E-state index in [0.29, 0.717) is 25.4 Å². The SMILES string of the molecule is CC(C)NC(=O)N(Cc1ccco1)Cc1nccn1Cc1ccc(F)cc1. The molecule has 7 heteroatoms. The van der Waals surface area contributed by atoms with Gasteiger partial charge in [0.1, 0.15) is 17.4 Å². The molecular weight excluding hydrogens is 347 g/mol. The predicted octanol–water partition coefficient (Wildman–Crippen LogP) is 3.78. The number of nitrogens with one attached hydrogen (secondary N) is 1. The van der Waals surface area contributed by atoms with Crippen LogP contribution in [0.4, 0.5) is 9.18 Å². The number of imidazole rings is 1. The summed E-state index contributed by atoms with van der Waals surface area (Å²) in [5.41, 5.74) is 0.958. The van der Waals surface area contributed by atoms with Crippen molar-refractivity contribution >= 4 is 6.03 Å². The topological polar surface area (TPSA) is 63.3 Å². The Labute approximate surface area is 157 Å². The van der Waals surface area contributed by atoms with Crippen LogP contribution in [-0.4, -0.2) is 26.5 Å². The Morgan fingerprint density at radius 3 is 2.70 bits per heavy atom. The Morgan fingerprint density at radius 1 is 1.26 bits per heavy atom. The van der Waals surface area contributed by atoms with Crippen LogP contribution < -0.4 is 5.32 Å². The molecule has 2 amide bonds. The number of hydrogen-bond acceptors (Lipinski definition) is 3. The summed E-state index contributed by atoms with van der Waals surface area (Å²) in [6, 6.07) is 9.82. The second kappa shape index (κ2) is 8.53. The number of benzene rings is 1. The maximum atomic E-state index is 13.1. The van der Waals surface area contributed by atoms with Gasteiger partial charge in [0.25, 0.3) is 0 Å². The van der Waals surface area contributed by atoms with E-state index in [4.69, 9.17) is 4.42 Å². The number of rotatable bonds is 7. The van der Waals surface area contributed by atoms with Crippen LogP contribution in [0.2, 0.25) is 0 Å². The fourth-order valence-corrected chi connectivity index (χ4v) is 2.72. The molecule has 1 aromatic carbocycles. The van der Waals surface area contributed by atoms with Gasteiger partial charge >= 0.3 is 6.03 Å². The second-order valence-electron chi connectivity index (χ2n) is 6.64. The van der Waals surface area contributed by atoms with Crippen molar-refractivity contribution in [3.63, 3.8) is 0 Å². The van der Waals surface area contributed by atoms with E-state index >= 15 is 0 Å². The summed E-state index contributed by atoms with van der Waals surface area (Å²) in [4.78, 5) is 18.7. The smallest absolute Gasteiger partial charge is 0.318 e. The van der Waals surface area contributed by atoms with Crippen molar-refractivity contribution < 1.29 is 13.6 Å². The van der Waals surface area contributed by atoms with E-state index in [9.17, 15) is 9.18 Å². The number of urea groups is 1. The summed E-state index contributed by atoms with van der Waals surface area (Å²) in [7, 11) is 0. The van der Waals surface area contributed by atoms with Crippen molar-refractivity contribution in [2.24, 2.45) is 0 Å². The lowest BCUT2D eigenvalue weighted by Gasteiger charge is -2.23. The molecule has 0 aliphatic carbocycles. The molecule has 6 nitrogen and oxygen atoms in total. The Bertz CT molecular complexity index is 857. The molecule has 0 atom stereocenters. The fourth-order valence-electron chi connectivity index (χ4n) is 2.72.